The van der Waals surface area contributed by atoms with Crippen LogP contribution in [0.4, 0.5) is 0 Å². The molecular formula is C36H47N11O6. The maximum absolute atomic E-state index is 14.1. The monoisotopic (exact) mass is 729 g/mol. The first-order chi connectivity index (χ1) is 25.4. The number of nitrogens with two attached hydrogens (primary N) is 4. The topological polar surface area (TPSA) is 295 Å². The number of rotatable bonds is 12. The summed E-state index contributed by atoms with van der Waals surface area (Å²) >= 11 is 0. The first-order valence-electron chi connectivity index (χ1n) is 17.2. The van der Waals surface area contributed by atoms with Crippen LogP contribution >= 0.6 is 0 Å². The Morgan fingerprint density at radius 3 is 1.68 bits per heavy atom. The van der Waals surface area contributed by atoms with Crippen LogP contribution in [0.3, 0.4) is 0 Å². The summed E-state index contributed by atoms with van der Waals surface area (Å²) in [6.45, 7) is -0.165. The smallest absolute Gasteiger partial charge is 0.243 e. The van der Waals surface area contributed by atoms with Crippen LogP contribution in [-0.4, -0.2) is 90.4 Å². The summed E-state index contributed by atoms with van der Waals surface area (Å²) in [6, 6.07) is 14.7. The van der Waals surface area contributed by atoms with Crippen LogP contribution in [0.1, 0.15) is 36.8 Å². The number of carbonyl (C=O) groups is 5. The van der Waals surface area contributed by atoms with Gasteiger partial charge in [0, 0.05) is 25.9 Å². The van der Waals surface area contributed by atoms with Gasteiger partial charge in [-0.1, -0.05) is 54.6 Å². The summed E-state index contributed by atoms with van der Waals surface area (Å²) in [5.41, 5.74) is 23.1. The molecule has 0 spiro atoms. The van der Waals surface area contributed by atoms with Gasteiger partial charge in [0.2, 0.25) is 29.5 Å². The van der Waals surface area contributed by atoms with Crippen molar-refractivity contribution in [3.63, 3.8) is 0 Å². The molecule has 0 aliphatic carbocycles. The SMILES string of the molecule is NC(N)=NCCC[C@@H]1NC(=O)CNC(=O)[C@H](CCCN=C(N)N)NC(=O)[C@@H](Cc2ccc3ccccc3c2)NC(=O)[C@H](Cc2ccc(O)cc2)NC1=O. The number of amides is 5. The van der Waals surface area contributed by atoms with Crippen LogP contribution in [-0.2, 0) is 36.8 Å². The van der Waals surface area contributed by atoms with Crippen LogP contribution in [0.15, 0.2) is 76.7 Å². The molecule has 1 aliphatic rings. The number of nitrogens with one attached hydrogen (secondary N) is 5. The number of carbonyl (C=O) groups excluding carboxylic acids is 5. The lowest BCUT2D eigenvalue weighted by Gasteiger charge is -2.26. The van der Waals surface area contributed by atoms with E-state index in [4.69, 9.17) is 22.9 Å². The van der Waals surface area contributed by atoms with Gasteiger partial charge in [0.05, 0.1) is 6.54 Å². The van der Waals surface area contributed by atoms with E-state index in [0.29, 0.717) is 18.4 Å². The summed E-state index contributed by atoms with van der Waals surface area (Å²) in [6.07, 6.45) is 0.802. The third-order valence-corrected chi connectivity index (χ3v) is 8.49. The molecule has 1 saturated heterocycles. The molecule has 17 nitrogen and oxygen atoms in total. The zero-order valence-electron chi connectivity index (χ0n) is 29.2. The molecule has 4 rings (SSSR count). The standard InChI is InChI=1S/C36H47N11O6/c37-35(38)41-15-3-7-26-31(50)43-20-30(49)44-27(8-4-16-42-36(39)40)32(51)46-28(18-21-10-13-25(48)14-11-21)34(53)47-29(33(52)45-26)19-22-9-12-23-5-1-2-6-24(23)17-22/h1-2,5-6,9-14,17,26-29,48H,3-4,7-8,15-16,18-20H2,(H,43,50)(H,44,49)(H,45,52)(H,46,51)(H,47,53)(H4,37,38,41)(H4,39,40,42)/t26-,27-,28-,29+/m0/s1. The summed E-state index contributed by atoms with van der Waals surface area (Å²) in [7, 11) is 0. The second-order valence-corrected chi connectivity index (χ2v) is 12.7. The Morgan fingerprint density at radius 2 is 1.09 bits per heavy atom. The average Bonchev–Trinajstić information content (AvgIpc) is 3.12. The highest BCUT2D eigenvalue weighted by Crippen LogP contribution is 2.18. The lowest BCUT2D eigenvalue weighted by atomic mass is 9.99. The van der Waals surface area contributed by atoms with Crippen molar-refractivity contribution in [2.75, 3.05) is 19.6 Å². The summed E-state index contributed by atoms with van der Waals surface area (Å²) < 4.78 is 0. The number of fused-ring (bicyclic) bond motifs is 1. The molecule has 0 bridgehead atoms. The highest BCUT2D eigenvalue weighted by molar-refractivity contribution is 5.97. The van der Waals surface area contributed by atoms with Crippen molar-refractivity contribution >= 4 is 52.2 Å². The second kappa shape index (κ2) is 19.3. The molecule has 1 heterocycles. The fraction of sp³-hybridized carbons (Fsp3) is 0.361. The third kappa shape index (κ3) is 12.7. The number of hydrogen-bond acceptors (Lipinski definition) is 8. The Morgan fingerprint density at radius 1 is 0.604 bits per heavy atom. The predicted octanol–water partition coefficient (Wildman–Crippen LogP) is -1.49. The van der Waals surface area contributed by atoms with Crippen LogP contribution < -0.4 is 49.5 Å². The van der Waals surface area contributed by atoms with Gasteiger partial charge in [-0.3, -0.25) is 34.0 Å². The van der Waals surface area contributed by atoms with Crippen LogP contribution in [0.2, 0.25) is 0 Å². The van der Waals surface area contributed by atoms with E-state index >= 15 is 0 Å². The number of nitrogens with zero attached hydrogens (tertiary/aromatic N) is 2. The predicted molar refractivity (Wildman–Crippen MR) is 200 cm³/mol. The number of hydrogen-bond donors (Lipinski definition) is 10. The van der Waals surface area contributed by atoms with Crippen LogP contribution in [0.25, 0.3) is 10.8 Å². The Hall–Kier alpha value is -6.39. The van der Waals surface area contributed by atoms with E-state index in [0.717, 1.165) is 16.3 Å². The quantitative estimate of drug-likeness (QED) is 0.0585. The van der Waals surface area contributed by atoms with Gasteiger partial charge in [-0.2, -0.15) is 0 Å². The Bertz CT molecular complexity index is 1820. The zero-order valence-corrected chi connectivity index (χ0v) is 29.2. The molecule has 1 fully saturated rings. The van der Waals surface area contributed by atoms with Crippen molar-refractivity contribution in [2.24, 2.45) is 32.9 Å². The fourth-order valence-corrected chi connectivity index (χ4v) is 5.79. The van der Waals surface area contributed by atoms with Gasteiger partial charge in [0.25, 0.3) is 0 Å². The van der Waals surface area contributed by atoms with Crippen molar-refractivity contribution in [1.82, 2.24) is 26.6 Å². The number of phenols is 1. The minimum Gasteiger partial charge on any atom is -0.508 e. The minimum atomic E-state index is -1.23. The second-order valence-electron chi connectivity index (χ2n) is 12.7. The van der Waals surface area contributed by atoms with Gasteiger partial charge < -0.3 is 54.6 Å². The lowest BCUT2D eigenvalue weighted by Crippen LogP contribution is -2.58. The molecule has 3 aromatic carbocycles. The Labute approximate surface area is 306 Å². The van der Waals surface area contributed by atoms with Crippen molar-refractivity contribution in [1.29, 1.82) is 0 Å². The first-order valence-corrected chi connectivity index (χ1v) is 17.2. The number of phenolic OH excluding ortho intramolecular Hbond substituents is 1. The van der Waals surface area contributed by atoms with Crippen molar-refractivity contribution < 1.29 is 29.1 Å². The van der Waals surface area contributed by atoms with Gasteiger partial charge in [-0.15, -0.1) is 0 Å². The van der Waals surface area contributed by atoms with Gasteiger partial charge in [0.1, 0.15) is 29.9 Å². The molecule has 0 unspecified atom stereocenters. The van der Waals surface area contributed by atoms with Crippen molar-refractivity contribution in [2.45, 2.75) is 62.7 Å². The Kier molecular flexibility index (Phi) is 14.3. The lowest BCUT2D eigenvalue weighted by molar-refractivity contribution is -0.134. The molecule has 53 heavy (non-hydrogen) atoms. The van der Waals surface area contributed by atoms with Gasteiger partial charge in [0.15, 0.2) is 11.9 Å². The third-order valence-electron chi connectivity index (χ3n) is 8.49. The number of benzene rings is 3. The summed E-state index contributed by atoms with van der Waals surface area (Å²) in [5, 5.41) is 25.2. The largest absolute Gasteiger partial charge is 0.508 e. The van der Waals surface area contributed by atoms with Gasteiger partial charge >= 0.3 is 0 Å². The van der Waals surface area contributed by atoms with E-state index < -0.39 is 60.2 Å². The highest BCUT2D eigenvalue weighted by atomic mass is 16.3. The normalized spacial score (nSPS) is 20.0. The molecule has 17 heteroatoms. The molecule has 0 radical (unpaired) electrons. The van der Waals surface area contributed by atoms with E-state index in [1.807, 2.05) is 42.5 Å². The van der Waals surface area contributed by atoms with Crippen LogP contribution in [0.5, 0.6) is 5.75 Å². The summed E-state index contributed by atoms with van der Waals surface area (Å²) in [5.74, 6) is -3.65. The molecular weight excluding hydrogens is 682 g/mol. The molecule has 0 aromatic heterocycles. The Balaban J connectivity index is 1.70. The molecule has 0 saturated carbocycles. The van der Waals surface area contributed by atoms with Crippen LogP contribution in [0, 0.1) is 0 Å². The maximum Gasteiger partial charge on any atom is 0.243 e. The van der Waals surface area contributed by atoms with E-state index in [9.17, 15) is 29.1 Å². The highest BCUT2D eigenvalue weighted by Gasteiger charge is 2.32. The van der Waals surface area contributed by atoms with E-state index in [1.54, 1.807) is 12.1 Å². The first kappa shape index (κ1) is 39.4. The maximum atomic E-state index is 14.1. The van der Waals surface area contributed by atoms with E-state index in [2.05, 4.69) is 36.6 Å². The molecule has 3 aromatic rings. The van der Waals surface area contributed by atoms with Crippen molar-refractivity contribution in [3.8, 4) is 5.75 Å². The van der Waals surface area contributed by atoms with E-state index in [-0.39, 0.29) is 56.4 Å². The number of guanidine groups is 2. The molecule has 4 atom stereocenters. The van der Waals surface area contributed by atoms with E-state index in [1.165, 1.54) is 12.1 Å². The minimum absolute atomic E-state index is 0.0102. The average molecular weight is 730 g/mol. The fourth-order valence-electron chi connectivity index (χ4n) is 5.79. The molecule has 1 aliphatic heterocycles. The molecule has 14 N–H and O–H groups in total. The zero-order chi connectivity index (χ0) is 38.3. The van der Waals surface area contributed by atoms with Gasteiger partial charge in [-0.05, 0) is 59.7 Å². The van der Waals surface area contributed by atoms with Crippen molar-refractivity contribution in [3.05, 3.63) is 77.9 Å². The number of aliphatic imine (C=N–C) groups is 2. The summed E-state index contributed by atoms with van der Waals surface area (Å²) in [4.78, 5) is 76.3. The molecule has 5 amide bonds. The van der Waals surface area contributed by atoms with Gasteiger partial charge in [-0.25, -0.2) is 0 Å². The molecule has 282 valence electrons. The number of aromatic hydroxyl groups is 1.